The molecule has 0 radical (unpaired) electrons. The van der Waals surface area contributed by atoms with Crippen molar-refractivity contribution < 1.29 is 14.3 Å². The van der Waals surface area contributed by atoms with E-state index >= 15 is 0 Å². The first-order chi connectivity index (χ1) is 8.19. The number of amides is 3. The van der Waals surface area contributed by atoms with Gasteiger partial charge < -0.3 is 15.4 Å². The largest absolute Gasteiger partial charge is 0.381 e. The van der Waals surface area contributed by atoms with Gasteiger partial charge in [0, 0.05) is 32.6 Å². The first-order valence-corrected chi connectivity index (χ1v) is 6.06. The molecule has 17 heavy (non-hydrogen) atoms. The summed E-state index contributed by atoms with van der Waals surface area (Å²) in [5.41, 5.74) is -0.686. The fourth-order valence-corrected chi connectivity index (χ4v) is 2.35. The summed E-state index contributed by atoms with van der Waals surface area (Å²) in [5, 5.41) is 5.84. The van der Waals surface area contributed by atoms with Gasteiger partial charge in [0.2, 0.25) is 0 Å². The molecule has 0 aromatic carbocycles. The molecule has 2 saturated heterocycles. The number of hydrogen-bond acceptors (Lipinski definition) is 4. The van der Waals surface area contributed by atoms with E-state index in [2.05, 4.69) is 10.6 Å². The molecule has 2 aliphatic rings. The minimum absolute atomic E-state index is 0.0816. The molecule has 2 heterocycles. The normalized spacial score (nSPS) is 23.2. The second-order valence-corrected chi connectivity index (χ2v) is 4.54. The Kier molecular flexibility index (Phi) is 3.63. The molecule has 1 spiro atoms. The SMILES string of the molecule is CNCCCN1C(=O)NC2(CCOCC2)C1=O. The number of urea groups is 1. The number of imide groups is 1. The van der Waals surface area contributed by atoms with Crippen LogP contribution < -0.4 is 10.6 Å². The lowest BCUT2D eigenvalue weighted by Crippen LogP contribution is -2.51. The molecule has 0 aliphatic carbocycles. The van der Waals surface area contributed by atoms with E-state index in [4.69, 9.17) is 4.74 Å². The Morgan fingerprint density at radius 1 is 1.41 bits per heavy atom. The quantitative estimate of drug-likeness (QED) is 0.523. The number of hydrogen-bond donors (Lipinski definition) is 2. The van der Waals surface area contributed by atoms with Crippen molar-refractivity contribution in [2.75, 3.05) is 33.4 Å². The molecule has 96 valence electrons. The van der Waals surface area contributed by atoms with Crippen molar-refractivity contribution in [2.45, 2.75) is 24.8 Å². The second-order valence-electron chi connectivity index (χ2n) is 4.54. The van der Waals surface area contributed by atoms with Gasteiger partial charge in [0.25, 0.3) is 5.91 Å². The third-order valence-corrected chi connectivity index (χ3v) is 3.40. The van der Waals surface area contributed by atoms with Crippen LogP contribution in [0, 0.1) is 0 Å². The van der Waals surface area contributed by atoms with Gasteiger partial charge in [-0.1, -0.05) is 0 Å². The predicted molar refractivity (Wildman–Crippen MR) is 61.6 cm³/mol. The van der Waals surface area contributed by atoms with Crippen LogP contribution in [-0.4, -0.2) is 55.7 Å². The fourth-order valence-electron chi connectivity index (χ4n) is 2.35. The van der Waals surface area contributed by atoms with E-state index < -0.39 is 5.54 Å². The Hall–Kier alpha value is -1.14. The topological polar surface area (TPSA) is 70.7 Å². The first-order valence-electron chi connectivity index (χ1n) is 6.06. The number of carbonyl (C=O) groups excluding carboxylic acids is 2. The van der Waals surface area contributed by atoms with Crippen LogP contribution in [0.2, 0.25) is 0 Å². The van der Waals surface area contributed by atoms with Gasteiger partial charge in [0.05, 0.1) is 0 Å². The number of carbonyl (C=O) groups is 2. The molecule has 0 aromatic heterocycles. The summed E-state index contributed by atoms with van der Waals surface area (Å²) in [6.45, 7) is 2.36. The first kappa shape index (κ1) is 12.3. The van der Waals surface area contributed by atoms with E-state index in [0.717, 1.165) is 13.0 Å². The van der Waals surface area contributed by atoms with Crippen LogP contribution in [0.4, 0.5) is 4.79 Å². The summed E-state index contributed by atoms with van der Waals surface area (Å²) in [6.07, 6.45) is 1.95. The highest BCUT2D eigenvalue weighted by molar-refractivity contribution is 6.07. The van der Waals surface area contributed by atoms with Gasteiger partial charge in [-0.2, -0.15) is 0 Å². The minimum Gasteiger partial charge on any atom is -0.381 e. The molecule has 2 rings (SSSR count). The Balaban J connectivity index is 2.00. The van der Waals surface area contributed by atoms with E-state index in [9.17, 15) is 9.59 Å². The maximum absolute atomic E-state index is 12.3. The summed E-state index contributed by atoms with van der Waals surface area (Å²) in [6, 6.07) is -0.256. The van der Waals surface area contributed by atoms with E-state index in [0.29, 0.717) is 32.6 Å². The number of nitrogens with zero attached hydrogens (tertiary/aromatic N) is 1. The van der Waals surface area contributed by atoms with Crippen molar-refractivity contribution in [1.29, 1.82) is 0 Å². The molecular weight excluding hydrogens is 222 g/mol. The van der Waals surface area contributed by atoms with Gasteiger partial charge in [-0.15, -0.1) is 0 Å². The number of rotatable bonds is 4. The second kappa shape index (κ2) is 5.01. The molecular formula is C11H19N3O3. The van der Waals surface area contributed by atoms with E-state index in [1.54, 1.807) is 0 Å². The van der Waals surface area contributed by atoms with Crippen molar-refractivity contribution in [1.82, 2.24) is 15.5 Å². The predicted octanol–water partition coefficient (Wildman–Crippen LogP) is -0.303. The van der Waals surface area contributed by atoms with Crippen molar-refractivity contribution in [3.8, 4) is 0 Å². The lowest BCUT2D eigenvalue weighted by atomic mass is 9.90. The molecule has 0 aromatic rings. The Morgan fingerprint density at radius 3 is 2.76 bits per heavy atom. The van der Waals surface area contributed by atoms with Gasteiger partial charge in [-0.25, -0.2) is 4.79 Å². The zero-order chi connectivity index (χ0) is 12.3. The number of ether oxygens (including phenoxy) is 1. The monoisotopic (exact) mass is 241 g/mol. The zero-order valence-electron chi connectivity index (χ0n) is 10.1. The van der Waals surface area contributed by atoms with Gasteiger partial charge in [0.1, 0.15) is 5.54 Å². The molecule has 0 atom stereocenters. The fraction of sp³-hybridized carbons (Fsp3) is 0.818. The average molecular weight is 241 g/mol. The van der Waals surface area contributed by atoms with Gasteiger partial charge in [0.15, 0.2) is 0 Å². The molecule has 6 nitrogen and oxygen atoms in total. The molecule has 0 saturated carbocycles. The Labute approximate surface area is 101 Å². The third kappa shape index (κ3) is 2.28. The molecule has 2 N–H and O–H groups in total. The summed E-state index contributed by atoms with van der Waals surface area (Å²) < 4.78 is 5.24. The van der Waals surface area contributed by atoms with E-state index in [1.165, 1.54) is 4.90 Å². The number of nitrogens with one attached hydrogen (secondary N) is 2. The lowest BCUT2D eigenvalue weighted by Gasteiger charge is -2.30. The molecule has 2 fully saturated rings. The van der Waals surface area contributed by atoms with E-state index in [-0.39, 0.29) is 11.9 Å². The summed E-state index contributed by atoms with van der Waals surface area (Å²) in [5.74, 6) is -0.0816. The van der Waals surface area contributed by atoms with Crippen LogP contribution in [0.5, 0.6) is 0 Å². The highest BCUT2D eigenvalue weighted by Gasteiger charge is 2.51. The van der Waals surface area contributed by atoms with E-state index in [1.807, 2.05) is 7.05 Å². The van der Waals surface area contributed by atoms with Gasteiger partial charge in [-0.3, -0.25) is 9.69 Å². The zero-order valence-corrected chi connectivity index (χ0v) is 10.1. The third-order valence-electron chi connectivity index (χ3n) is 3.40. The average Bonchev–Trinajstić information content (AvgIpc) is 2.55. The molecule has 2 aliphatic heterocycles. The molecule has 0 bridgehead atoms. The maximum Gasteiger partial charge on any atom is 0.325 e. The highest BCUT2D eigenvalue weighted by Crippen LogP contribution is 2.28. The van der Waals surface area contributed by atoms with Crippen LogP contribution in [0.15, 0.2) is 0 Å². The van der Waals surface area contributed by atoms with Crippen LogP contribution in [0.25, 0.3) is 0 Å². The van der Waals surface area contributed by atoms with Crippen molar-refractivity contribution >= 4 is 11.9 Å². The van der Waals surface area contributed by atoms with Crippen LogP contribution >= 0.6 is 0 Å². The standard InChI is InChI=1S/C11H19N3O3/c1-12-5-2-6-14-9(15)11(13-10(14)16)3-7-17-8-4-11/h12H,2-8H2,1H3,(H,13,16). The van der Waals surface area contributed by atoms with Gasteiger partial charge in [-0.05, 0) is 20.0 Å². The van der Waals surface area contributed by atoms with Crippen LogP contribution in [0.1, 0.15) is 19.3 Å². The molecule has 0 unspecified atom stereocenters. The lowest BCUT2D eigenvalue weighted by molar-refractivity contribution is -0.134. The minimum atomic E-state index is -0.686. The summed E-state index contributed by atoms with van der Waals surface area (Å²) in [7, 11) is 1.85. The highest BCUT2D eigenvalue weighted by atomic mass is 16.5. The Bertz CT molecular complexity index is 313. The molecule has 3 amide bonds. The summed E-state index contributed by atoms with van der Waals surface area (Å²) in [4.78, 5) is 25.4. The van der Waals surface area contributed by atoms with Crippen molar-refractivity contribution in [3.05, 3.63) is 0 Å². The summed E-state index contributed by atoms with van der Waals surface area (Å²) >= 11 is 0. The van der Waals surface area contributed by atoms with Crippen molar-refractivity contribution in [3.63, 3.8) is 0 Å². The van der Waals surface area contributed by atoms with Crippen molar-refractivity contribution in [2.24, 2.45) is 0 Å². The maximum atomic E-state index is 12.3. The Morgan fingerprint density at radius 2 is 2.12 bits per heavy atom. The van der Waals surface area contributed by atoms with Crippen LogP contribution in [0.3, 0.4) is 0 Å². The molecule has 6 heteroatoms. The van der Waals surface area contributed by atoms with Gasteiger partial charge >= 0.3 is 6.03 Å². The smallest absolute Gasteiger partial charge is 0.325 e. The van der Waals surface area contributed by atoms with Crippen LogP contribution in [-0.2, 0) is 9.53 Å².